The molecule has 25 heavy (non-hydrogen) atoms. The molecule has 0 radical (unpaired) electrons. The number of hydrogen-bond donors (Lipinski definition) is 0. The van der Waals surface area contributed by atoms with E-state index in [1.54, 1.807) is 0 Å². The quantitative estimate of drug-likeness (QED) is 0.195. The van der Waals surface area contributed by atoms with Gasteiger partial charge in [0.2, 0.25) is 0 Å². The monoisotopic (exact) mass is 414 g/mol. The molecule has 142 valence electrons. The van der Waals surface area contributed by atoms with E-state index in [2.05, 4.69) is 75.6 Å². The Balaban J connectivity index is 3.46. The van der Waals surface area contributed by atoms with Gasteiger partial charge in [0.05, 0.1) is 4.08 Å². The van der Waals surface area contributed by atoms with Crippen molar-refractivity contribution < 1.29 is 0 Å². The zero-order chi connectivity index (χ0) is 18.8. The van der Waals surface area contributed by atoms with E-state index in [1.165, 1.54) is 6.42 Å². The van der Waals surface area contributed by atoms with E-state index in [-0.39, 0.29) is 8.83 Å². The lowest BCUT2D eigenvalue weighted by atomic mass is 9.72. The van der Waals surface area contributed by atoms with Crippen molar-refractivity contribution in [2.75, 3.05) is 24.5 Å². The molecule has 0 amide bonds. The molecule has 0 aromatic rings. The molecule has 4 heteroatoms. The highest BCUT2D eigenvalue weighted by molar-refractivity contribution is 8.18. The minimum atomic E-state index is 0.115. The largest absolute Gasteiger partial charge is 0.153 e. The average molecular weight is 415 g/mol. The zero-order valence-corrected chi connectivity index (χ0v) is 19.6. The van der Waals surface area contributed by atoms with Gasteiger partial charge in [-0.3, -0.25) is 0 Å². The summed E-state index contributed by atoms with van der Waals surface area (Å²) in [4.78, 5) is 0. The number of rotatable bonds is 11. The molecule has 3 unspecified atom stereocenters. The Morgan fingerprint density at radius 3 is 2.24 bits per heavy atom. The molecule has 0 heterocycles. The van der Waals surface area contributed by atoms with Crippen molar-refractivity contribution in [3.8, 4) is 0 Å². The lowest BCUT2D eigenvalue weighted by Gasteiger charge is -2.52. The topological polar surface area (TPSA) is 0 Å². The van der Waals surface area contributed by atoms with Gasteiger partial charge in [-0.2, -0.15) is 11.8 Å². The van der Waals surface area contributed by atoms with Gasteiger partial charge >= 0.3 is 0 Å². The molecule has 0 aromatic heterocycles. The van der Waals surface area contributed by atoms with Gasteiger partial charge in [-0.1, -0.05) is 56.9 Å². The van der Waals surface area contributed by atoms with Gasteiger partial charge in [0.25, 0.3) is 0 Å². The fraction of sp³-hybridized carbons (Fsp3) is 0.619. The number of allylic oxidation sites excluding steroid dienone is 4. The maximum atomic E-state index is 3.89. The number of hydrogen-bond acceptors (Lipinski definition) is 4. The van der Waals surface area contributed by atoms with Crippen LogP contribution in [0, 0.1) is 11.8 Å². The summed E-state index contributed by atoms with van der Waals surface area (Å²) < 4.78 is 0.254. The highest BCUT2D eigenvalue weighted by atomic mass is 32.2. The van der Waals surface area contributed by atoms with Gasteiger partial charge in [0.15, 0.2) is 0 Å². The molecule has 1 aliphatic rings. The average Bonchev–Trinajstić information content (AvgIpc) is 2.65. The zero-order valence-electron chi connectivity index (χ0n) is 16.4. The van der Waals surface area contributed by atoms with Gasteiger partial charge in [0, 0.05) is 16.6 Å². The summed E-state index contributed by atoms with van der Waals surface area (Å²) in [7, 11) is 0. The van der Waals surface area contributed by atoms with Crippen LogP contribution in [0.1, 0.15) is 33.1 Å². The summed E-state index contributed by atoms with van der Waals surface area (Å²) in [6.07, 6.45) is 24.9. The molecular weight excluding hydrogens is 380 g/mol. The molecule has 3 atom stereocenters. The van der Waals surface area contributed by atoms with Gasteiger partial charge in [0.1, 0.15) is 0 Å². The first-order valence-corrected chi connectivity index (χ1v) is 13.7. The van der Waals surface area contributed by atoms with E-state index in [1.807, 2.05) is 52.5 Å². The Bertz CT molecular complexity index is 476. The van der Waals surface area contributed by atoms with Crippen LogP contribution in [0.15, 0.2) is 48.4 Å². The highest BCUT2D eigenvalue weighted by Gasteiger charge is 2.53. The first-order chi connectivity index (χ1) is 12.1. The van der Waals surface area contributed by atoms with Crippen molar-refractivity contribution in [2.45, 2.75) is 41.9 Å². The molecular formula is C21H34S4. The molecule has 0 N–H and O–H groups in total. The van der Waals surface area contributed by atoms with Crippen molar-refractivity contribution in [3.05, 3.63) is 48.4 Å². The van der Waals surface area contributed by atoms with E-state index in [0.29, 0.717) is 11.8 Å². The fourth-order valence-electron chi connectivity index (χ4n) is 3.62. The molecule has 0 nitrogen and oxygen atoms in total. The van der Waals surface area contributed by atoms with Crippen LogP contribution in [-0.4, -0.2) is 33.3 Å². The Morgan fingerprint density at radius 1 is 1.04 bits per heavy atom. The molecule has 0 saturated heterocycles. The van der Waals surface area contributed by atoms with Crippen molar-refractivity contribution >= 4 is 47.0 Å². The summed E-state index contributed by atoms with van der Waals surface area (Å²) in [5.74, 6) is 2.17. The molecule has 0 spiro atoms. The fourth-order valence-corrected chi connectivity index (χ4v) is 7.85. The van der Waals surface area contributed by atoms with Gasteiger partial charge in [-0.25, -0.2) is 0 Å². The van der Waals surface area contributed by atoms with E-state index in [9.17, 15) is 0 Å². The van der Waals surface area contributed by atoms with Gasteiger partial charge in [-0.15, -0.1) is 35.3 Å². The SMILES string of the molecule is C=CSCCC1C(SC)(SC)C=CC(C=CCC)C1(C=CCC)SC. The smallest absolute Gasteiger partial charge is 0.0830 e. The molecule has 0 fully saturated rings. The van der Waals surface area contributed by atoms with Crippen LogP contribution in [0.4, 0.5) is 0 Å². The summed E-state index contributed by atoms with van der Waals surface area (Å²) in [6, 6.07) is 0. The molecule has 0 aromatic carbocycles. The Morgan fingerprint density at radius 2 is 1.72 bits per heavy atom. The summed E-state index contributed by atoms with van der Waals surface area (Å²) in [5, 5.41) is 1.98. The Kier molecular flexibility index (Phi) is 11.2. The van der Waals surface area contributed by atoms with Crippen LogP contribution >= 0.6 is 47.0 Å². The van der Waals surface area contributed by atoms with Crippen LogP contribution in [0.5, 0.6) is 0 Å². The first kappa shape index (κ1) is 23.4. The normalized spacial score (nSPS) is 28.8. The van der Waals surface area contributed by atoms with Crippen LogP contribution in [0.2, 0.25) is 0 Å². The predicted molar refractivity (Wildman–Crippen MR) is 128 cm³/mol. The summed E-state index contributed by atoms with van der Waals surface area (Å²) >= 11 is 7.90. The Labute approximate surface area is 173 Å². The summed E-state index contributed by atoms with van der Waals surface area (Å²) in [5.41, 5.74) is 0. The van der Waals surface area contributed by atoms with Crippen molar-refractivity contribution in [2.24, 2.45) is 11.8 Å². The second kappa shape index (κ2) is 11.9. The lowest BCUT2D eigenvalue weighted by Crippen LogP contribution is -2.51. The number of thioether (sulfide) groups is 4. The molecule has 1 aliphatic carbocycles. The lowest BCUT2D eigenvalue weighted by molar-refractivity contribution is 0.362. The van der Waals surface area contributed by atoms with Crippen molar-refractivity contribution in [1.82, 2.24) is 0 Å². The van der Waals surface area contributed by atoms with Crippen LogP contribution < -0.4 is 0 Å². The van der Waals surface area contributed by atoms with E-state index >= 15 is 0 Å². The van der Waals surface area contributed by atoms with Crippen LogP contribution in [0.3, 0.4) is 0 Å². The van der Waals surface area contributed by atoms with Gasteiger partial charge < -0.3 is 0 Å². The first-order valence-electron chi connectivity index (χ1n) is 9.02. The van der Waals surface area contributed by atoms with E-state index in [0.717, 1.165) is 18.6 Å². The molecule has 0 saturated carbocycles. The summed E-state index contributed by atoms with van der Waals surface area (Å²) in [6.45, 7) is 8.35. The maximum Gasteiger partial charge on any atom is 0.0830 e. The highest BCUT2D eigenvalue weighted by Crippen LogP contribution is 2.58. The standard InChI is InChI=1S/C21H34S4/c1-7-10-12-18-13-16-21(23-5,24-6)19(14-17-25-9-3)20(18,22-4)15-11-8-2/h9-13,15-16,18-19H,3,7-8,14,17H2,1-2,4-6H3. The van der Waals surface area contributed by atoms with Gasteiger partial charge in [-0.05, 0) is 49.2 Å². The second-order valence-electron chi connectivity index (χ2n) is 6.10. The third-order valence-corrected chi connectivity index (χ3v) is 10.1. The van der Waals surface area contributed by atoms with Crippen LogP contribution in [-0.2, 0) is 0 Å². The molecule has 0 bridgehead atoms. The third-order valence-electron chi connectivity index (χ3n) is 4.91. The maximum absolute atomic E-state index is 3.89. The van der Waals surface area contributed by atoms with Crippen molar-refractivity contribution in [1.29, 1.82) is 0 Å². The van der Waals surface area contributed by atoms with E-state index < -0.39 is 0 Å². The molecule has 0 aliphatic heterocycles. The van der Waals surface area contributed by atoms with Crippen LogP contribution in [0.25, 0.3) is 0 Å². The second-order valence-corrected chi connectivity index (χ2v) is 10.7. The minimum absolute atomic E-state index is 0.115. The van der Waals surface area contributed by atoms with E-state index in [4.69, 9.17) is 0 Å². The third kappa shape index (κ3) is 5.43. The minimum Gasteiger partial charge on any atom is -0.153 e. The Hall–Kier alpha value is 0.360. The molecule has 1 rings (SSSR count). The predicted octanol–water partition coefficient (Wildman–Crippen LogP) is 7.51. The van der Waals surface area contributed by atoms with Crippen molar-refractivity contribution in [3.63, 3.8) is 0 Å².